The Morgan fingerprint density at radius 3 is 1.91 bits per heavy atom. The summed E-state index contributed by atoms with van der Waals surface area (Å²) in [5.74, 6) is 1.75. The summed E-state index contributed by atoms with van der Waals surface area (Å²) in [4.78, 5) is 0. The first-order chi connectivity index (χ1) is 11.3. The van der Waals surface area contributed by atoms with Gasteiger partial charge < -0.3 is 9.47 Å². The van der Waals surface area contributed by atoms with Crippen molar-refractivity contribution in [2.24, 2.45) is 0 Å². The summed E-state index contributed by atoms with van der Waals surface area (Å²) in [6.45, 7) is 5.30. The van der Waals surface area contributed by atoms with Crippen LogP contribution in [0.25, 0.3) is 16.9 Å². The lowest BCUT2D eigenvalue weighted by Gasteiger charge is -2.05. The second-order valence-corrected chi connectivity index (χ2v) is 5.03. The maximum Gasteiger partial charge on any atom is 0.119 e. The first-order valence-corrected chi connectivity index (χ1v) is 7.82. The minimum atomic E-state index is 0.670. The average Bonchev–Trinajstić information content (AvgIpc) is 3.07. The van der Waals surface area contributed by atoms with Crippen LogP contribution in [0.15, 0.2) is 60.8 Å². The molecule has 3 aromatic rings. The van der Waals surface area contributed by atoms with Crippen LogP contribution in [0.1, 0.15) is 13.8 Å². The summed E-state index contributed by atoms with van der Waals surface area (Å²) < 4.78 is 12.8. The van der Waals surface area contributed by atoms with Gasteiger partial charge in [-0.2, -0.15) is 5.10 Å². The topological polar surface area (TPSA) is 36.3 Å². The highest BCUT2D eigenvalue weighted by molar-refractivity contribution is 5.60. The lowest BCUT2D eigenvalue weighted by molar-refractivity contribution is 0.340. The predicted octanol–water partition coefficient (Wildman–Crippen LogP) is 4.34. The van der Waals surface area contributed by atoms with Crippen LogP contribution in [-0.2, 0) is 0 Å². The number of hydrogen-bond acceptors (Lipinski definition) is 3. The molecule has 0 spiro atoms. The summed E-state index contributed by atoms with van der Waals surface area (Å²) in [6.07, 6.45) is 1.96. The highest BCUT2D eigenvalue weighted by Gasteiger charge is 2.05. The van der Waals surface area contributed by atoms with Crippen molar-refractivity contribution in [1.82, 2.24) is 9.78 Å². The van der Waals surface area contributed by atoms with Gasteiger partial charge in [0, 0.05) is 11.8 Å². The van der Waals surface area contributed by atoms with E-state index in [2.05, 4.69) is 5.10 Å². The summed E-state index contributed by atoms with van der Waals surface area (Å²) in [6, 6.07) is 17.9. The fourth-order valence-electron chi connectivity index (χ4n) is 2.37. The zero-order valence-electron chi connectivity index (χ0n) is 13.4. The van der Waals surface area contributed by atoms with E-state index in [0.29, 0.717) is 13.2 Å². The van der Waals surface area contributed by atoms with Gasteiger partial charge in [-0.1, -0.05) is 0 Å². The molecule has 0 atom stereocenters. The first kappa shape index (κ1) is 15.2. The van der Waals surface area contributed by atoms with Crippen LogP contribution < -0.4 is 9.47 Å². The summed E-state index contributed by atoms with van der Waals surface area (Å²) in [5.41, 5.74) is 3.01. The van der Waals surface area contributed by atoms with E-state index in [-0.39, 0.29) is 0 Å². The second kappa shape index (κ2) is 7.01. The van der Waals surface area contributed by atoms with E-state index < -0.39 is 0 Å². The van der Waals surface area contributed by atoms with E-state index in [0.717, 1.165) is 28.4 Å². The highest BCUT2D eigenvalue weighted by atomic mass is 16.5. The van der Waals surface area contributed by atoms with Crippen LogP contribution in [0, 0.1) is 0 Å². The van der Waals surface area contributed by atoms with Gasteiger partial charge in [0.15, 0.2) is 0 Å². The molecule has 4 nitrogen and oxygen atoms in total. The lowest BCUT2D eigenvalue weighted by atomic mass is 10.1. The molecule has 0 aliphatic carbocycles. The maximum absolute atomic E-state index is 5.46. The Kier molecular flexibility index (Phi) is 4.62. The minimum Gasteiger partial charge on any atom is -0.494 e. The van der Waals surface area contributed by atoms with E-state index in [1.54, 1.807) is 0 Å². The van der Waals surface area contributed by atoms with E-state index in [1.807, 2.05) is 79.3 Å². The Morgan fingerprint density at radius 1 is 0.783 bits per heavy atom. The van der Waals surface area contributed by atoms with Gasteiger partial charge in [-0.25, -0.2) is 4.68 Å². The number of ether oxygens (including phenoxy) is 2. The molecule has 0 bridgehead atoms. The van der Waals surface area contributed by atoms with Gasteiger partial charge in [0.1, 0.15) is 11.5 Å². The van der Waals surface area contributed by atoms with E-state index in [9.17, 15) is 0 Å². The zero-order valence-corrected chi connectivity index (χ0v) is 13.4. The fraction of sp³-hybridized carbons (Fsp3) is 0.211. The van der Waals surface area contributed by atoms with Crippen LogP contribution in [0.2, 0.25) is 0 Å². The van der Waals surface area contributed by atoms with Gasteiger partial charge in [0.25, 0.3) is 0 Å². The van der Waals surface area contributed by atoms with Gasteiger partial charge in [-0.3, -0.25) is 0 Å². The third-order valence-corrected chi connectivity index (χ3v) is 3.46. The number of aromatic nitrogens is 2. The van der Waals surface area contributed by atoms with Gasteiger partial charge in [0.05, 0.1) is 24.6 Å². The van der Waals surface area contributed by atoms with Crippen molar-refractivity contribution in [2.75, 3.05) is 13.2 Å². The lowest BCUT2D eigenvalue weighted by Crippen LogP contribution is -1.96. The van der Waals surface area contributed by atoms with Gasteiger partial charge in [-0.05, 0) is 68.4 Å². The molecule has 0 aliphatic heterocycles. The zero-order chi connectivity index (χ0) is 16.1. The molecule has 23 heavy (non-hydrogen) atoms. The standard InChI is InChI=1S/C19H20N2O2/c1-3-22-17-9-5-15(6-10-17)19-13-14-21(20-19)16-7-11-18(12-8-16)23-4-2/h5-14H,3-4H2,1-2H3. The molecule has 0 saturated heterocycles. The van der Waals surface area contributed by atoms with Gasteiger partial charge in [-0.15, -0.1) is 0 Å². The number of benzene rings is 2. The molecule has 1 aromatic heterocycles. The van der Waals surface area contributed by atoms with Crippen LogP contribution in [0.5, 0.6) is 11.5 Å². The van der Waals surface area contributed by atoms with Gasteiger partial charge >= 0.3 is 0 Å². The van der Waals surface area contributed by atoms with Crippen molar-refractivity contribution < 1.29 is 9.47 Å². The summed E-state index contributed by atoms with van der Waals surface area (Å²) >= 11 is 0. The Labute approximate surface area is 136 Å². The number of nitrogens with zero attached hydrogens (tertiary/aromatic N) is 2. The van der Waals surface area contributed by atoms with Crippen LogP contribution in [0.4, 0.5) is 0 Å². The van der Waals surface area contributed by atoms with Crippen molar-refractivity contribution in [3.05, 3.63) is 60.8 Å². The largest absolute Gasteiger partial charge is 0.494 e. The Hall–Kier alpha value is -2.75. The molecule has 2 aromatic carbocycles. The van der Waals surface area contributed by atoms with E-state index in [4.69, 9.17) is 9.47 Å². The molecular weight excluding hydrogens is 288 g/mol. The second-order valence-electron chi connectivity index (χ2n) is 5.03. The third-order valence-electron chi connectivity index (χ3n) is 3.46. The predicted molar refractivity (Wildman–Crippen MR) is 91.3 cm³/mol. The Morgan fingerprint density at radius 2 is 1.35 bits per heavy atom. The average molecular weight is 308 g/mol. The number of rotatable bonds is 6. The van der Waals surface area contributed by atoms with Crippen LogP contribution in [0.3, 0.4) is 0 Å². The van der Waals surface area contributed by atoms with Crippen molar-refractivity contribution in [3.63, 3.8) is 0 Å². The quantitative estimate of drug-likeness (QED) is 0.680. The molecule has 0 aliphatic rings. The van der Waals surface area contributed by atoms with Crippen LogP contribution in [-0.4, -0.2) is 23.0 Å². The van der Waals surface area contributed by atoms with E-state index in [1.165, 1.54) is 0 Å². The summed E-state index contributed by atoms with van der Waals surface area (Å²) in [5, 5.41) is 4.64. The molecule has 0 radical (unpaired) electrons. The smallest absolute Gasteiger partial charge is 0.119 e. The Balaban J connectivity index is 1.79. The number of hydrogen-bond donors (Lipinski definition) is 0. The minimum absolute atomic E-state index is 0.670. The normalized spacial score (nSPS) is 10.5. The molecule has 0 unspecified atom stereocenters. The molecule has 0 fully saturated rings. The third kappa shape index (κ3) is 3.54. The molecule has 0 N–H and O–H groups in total. The molecule has 0 amide bonds. The molecule has 118 valence electrons. The van der Waals surface area contributed by atoms with Crippen molar-refractivity contribution in [1.29, 1.82) is 0 Å². The van der Waals surface area contributed by atoms with Crippen molar-refractivity contribution in [3.8, 4) is 28.4 Å². The highest BCUT2D eigenvalue weighted by Crippen LogP contribution is 2.22. The monoisotopic (exact) mass is 308 g/mol. The SMILES string of the molecule is CCOc1ccc(-c2ccn(-c3ccc(OCC)cc3)n2)cc1. The first-order valence-electron chi connectivity index (χ1n) is 7.82. The van der Waals surface area contributed by atoms with Crippen molar-refractivity contribution >= 4 is 0 Å². The van der Waals surface area contributed by atoms with Crippen LogP contribution >= 0.6 is 0 Å². The summed E-state index contributed by atoms with van der Waals surface area (Å²) in [7, 11) is 0. The molecular formula is C19H20N2O2. The Bertz CT molecular complexity index is 682. The molecule has 3 rings (SSSR count). The maximum atomic E-state index is 5.46. The molecule has 1 heterocycles. The fourth-order valence-corrected chi connectivity index (χ4v) is 2.37. The van der Waals surface area contributed by atoms with Crippen molar-refractivity contribution in [2.45, 2.75) is 13.8 Å². The van der Waals surface area contributed by atoms with Gasteiger partial charge in [0.2, 0.25) is 0 Å². The van der Waals surface area contributed by atoms with E-state index >= 15 is 0 Å². The molecule has 4 heteroatoms. The molecule has 0 saturated carbocycles.